The summed E-state index contributed by atoms with van der Waals surface area (Å²) < 4.78 is 41.7. The molecule has 25 heavy (non-hydrogen) atoms. The van der Waals surface area contributed by atoms with Crippen LogP contribution in [0.2, 0.25) is 0 Å². The van der Waals surface area contributed by atoms with Crippen molar-refractivity contribution >= 4 is 11.8 Å². The highest BCUT2D eigenvalue weighted by molar-refractivity contribution is 7.98. The van der Waals surface area contributed by atoms with Gasteiger partial charge in [0, 0.05) is 31.6 Å². The van der Waals surface area contributed by atoms with Crippen molar-refractivity contribution in [3.05, 3.63) is 51.4 Å². The lowest BCUT2D eigenvalue weighted by Crippen LogP contribution is -2.35. The second kappa shape index (κ2) is 7.09. The number of aromatic nitrogens is 2. The molecular weight excluding hydrogens is 355 g/mol. The number of nitrogens with one attached hydrogen (secondary N) is 1. The summed E-state index contributed by atoms with van der Waals surface area (Å²) in [6.07, 6.45) is -2.33. The van der Waals surface area contributed by atoms with Crippen molar-refractivity contribution in [2.75, 3.05) is 12.8 Å². The number of nitrogens with zero attached hydrogens (tertiary/aromatic N) is 2. The summed E-state index contributed by atoms with van der Waals surface area (Å²) in [7, 11) is 0. The van der Waals surface area contributed by atoms with E-state index in [2.05, 4.69) is 14.7 Å². The van der Waals surface area contributed by atoms with Gasteiger partial charge in [0.2, 0.25) is 0 Å². The molecular formula is C16H16F3N3O2S. The topological polar surface area (TPSA) is 58.2 Å². The van der Waals surface area contributed by atoms with Crippen molar-refractivity contribution in [3.63, 3.8) is 0 Å². The average molecular weight is 371 g/mol. The molecule has 5 nitrogen and oxygen atoms in total. The summed E-state index contributed by atoms with van der Waals surface area (Å²) in [6.45, 7) is 1.21. The van der Waals surface area contributed by atoms with Crippen LogP contribution in [0.25, 0.3) is 0 Å². The predicted molar refractivity (Wildman–Crippen MR) is 87.6 cm³/mol. The van der Waals surface area contributed by atoms with Crippen LogP contribution in [0.5, 0.6) is 5.75 Å². The van der Waals surface area contributed by atoms with E-state index in [1.54, 1.807) is 12.1 Å². The van der Waals surface area contributed by atoms with Crippen LogP contribution >= 0.6 is 11.8 Å². The van der Waals surface area contributed by atoms with E-state index in [-0.39, 0.29) is 17.9 Å². The molecule has 1 N–H and O–H groups in total. The second-order valence-corrected chi connectivity index (χ2v) is 6.41. The average Bonchev–Trinajstić information content (AvgIpc) is 2.55. The summed E-state index contributed by atoms with van der Waals surface area (Å²) in [5.41, 5.74) is 1.55. The first-order valence-electron chi connectivity index (χ1n) is 7.58. The predicted octanol–water partition coefficient (Wildman–Crippen LogP) is 2.95. The minimum atomic E-state index is -4.74. The van der Waals surface area contributed by atoms with Gasteiger partial charge in [0.25, 0.3) is 5.56 Å². The lowest BCUT2D eigenvalue weighted by molar-refractivity contribution is -0.275. The van der Waals surface area contributed by atoms with Gasteiger partial charge in [0.05, 0.1) is 11.3 Å². The van der Waals surface area contributed by atoms with Gasteiger partial charge in [0.15, 0.2) is 5.16 Å². The number of hydrogen-bond donors (Lipinski definition) is 1. The number of thioether (sulfide) groups is 1. The maximum absolute atomic E-state index is 12.5. The fraction of sp³-hybridized carbons (Fsp3) is 0.375. The summed E-state index contributed by atoms with van der Waals surface area (Å²) in [5.74, 6) is -0.217. The van der Waals surface area contributed by atoms with Gasteiger partial charge in [-0.1, -0.05) is 30.0 Å². The highest BCUT2D eigenvalue weighted by Crippen LogP contribution is 2.28. The van der Waals surface area contributed by atoms with Crippen LogP contribution in [-0.2, 0) is 19.5 Å². The van der Waals surface area contributed by atoms with Crippen molar-refractivity contribution in [1.29, 1.82) is 0 Å². The number of halogens is 3. The molecule has 2 aromatic rings. The minimum Gasteiger partial charge on any atom is -0.405 e. The van der Waals surface area contributed by atoms with Crippen molar-refractivity contribution in [2.24, 2.45) is 0 Å². The molecule has 0 saturated carbocycles. The summed E-state index contributed by atoms with van der Waals surface area (Å²) in [6, 6.07) is 6.04. The summed E-state index contributed by atoms with van der Waals surface area (Å²) in [4.78, 5) is 21.2. The van der Waals surface area contributed by atoms with E-state index in [0.29, 0.717) is 35.8 Å². The van der Waals surface area contributed by atoms with Gasteiger partial charge in [-0.15, -0.1) is 13.2 Å². The highest BCUT2D eigenvalue weighted by Gasteiger charge is 2.32. The Morgan fingerprint density at radius 2 is 2.12 bits per heavy atom. The van der Waals surface area contributed by atoms with Crippen LogP contribution < -0.4 is 10.3 Å². The highest BCUT2D eigenvalue weighted by atomic mass is 32.2. The van der Waals surface area contributed by atoms with Crippen molar-refractivity contribution in [3.8, 4) is 5.75 Å². The van der Waals surface area contributed by atoms with Crippen LogP contribution in [0.3, 0.4) is 0 Å². The number of alkyl halides is 3. The van der Waals surface area contributed by atoms with Gasteiger partial charge in [-0.2, -0.15) is 0 Å². The smallest absolute Gasteiger partial charge is 0.405 e. The zero-order valence-electron chi connectivity index (χ0n) is 13.4. The third kappa shape index (κ3) is 4.35. The Bertz CT molecular complexity index is 823. The van der Waals surface area contributed by atoms with Crippen LogP contribution in [-0.4, -0.2) is 34.0 Å². The molecule has 2 heterocycles. The molecule has 9 heteroatoms. The van der Waals surface area contributed by atoms with Crippen molar-refractivity contribution in [2.45, 2.75) is 31.0 Å². The minimum absolute atomic E-state index is 0.195. The van der Waals surface area contributed by atoms with Gasteiger partial charge in [-0.3, -0.25) is 9.69 Å². The van der Waals surface area contributed by atoms with Crippen LogP contribution in [0, 0.1) is 0 Å². The molecule has 0 aliphatic carbocycles. The van der Waals surface area contributed by atoms with Gasteiger partial charge < -0.3 is 9.72 Å². The first-order chi connectivity index (χ1) is 11.9. The molecule has 1 aliphatic rings. The van der Waals surface area contributed by atoms with Gasteiger partial charge >= 0.3 is 6.36 Å². The molecule has 0 saturated heterocycles. The lowest BCUT2D eigenvalue weighted by Gasteiger charge is -2.28. The summed E-state index contributed by atoms with van der Waals surface area (Å²) >= 11 is 1.36. The summed E-state index contributed by atoms with van der Waals surface area (Å²) in [5, 5.41) is 0.570. The molecule has 0 amide bonds. The standard InChI is InChI=1S/C16H16F3N3O2S/c1-25-15-20-12-6-7-22(9-11(12)14(23)21-15)8-10-4-2-3-5-13(10)24-16(17,18)19/h2-5H,6-9H2,1H3,(H,20,21,23). The van der Waals surface area contributed by atoms with E-state index >= 15 is 0 Å². The molecule has 1 aromatic heterocycles. The Kier molecular flexibility index (Phi) is 5.05. The van der Waals surface area contributed by atoms with Gasteiger partial charge in [-0.25, -0.2) is 4.98 Å². The van der Waals surface area contributed by atoms with Gasteiger partial charge in [0.1, 0.15) is 5.75 Å². The lowest BCUT2D eigenvalue weighted by atomic mass is 10.1. The monoisotopic (exact) mass is 371 g/mol. The maximum atomic E-state index is 12.5. The number of aromatic amines is 1. The molecule has 0 atom stereocenters. The van der Waals surface area contributed by atoms with E-state index in [1.807, 2.05) is 11.2 Å². The third-order valence-electron chi connectivity index (χ3n) is 3.91. The van der Waals surface area contributed by atoms with E-state index < -0.39 is 6.36 Å². The number of benzene rings is 1. The fourth-order valence-electron chi connectivity index (χ4n) is 2.79. The Hall–Kier alpha value is -2.00. The SMILES string of the molecule is CSc1nc2c(c(=O)[nH]1)CN(Cc1ccccc1OC(F)(F)F)CC2. The molecule has 3 rings (SSSR count). The molecule has 0 unspecified atom stereocenters. The molecule has 0 bridgehead atoms. The largest absolute Gasteiger partial charge is 0.573 e. The third-order valence-corrected chi connectivity index (χ3v) is 4.49. The number of H-pyrrole nitrogens is 1. The number of hydrogen-bond acceptors (Lipinski definition) is 5. The normalized spacial score (nSPS) is 15.0. The number of fused-ring (bicyclic) bond motifs is 1. The first kappa shape index (κ1) is 17.8. The van der Waals surface area contributed by atoms with Crippen LogP contribution in [0.1, 0.15) is 16.8 Å². The number of ether oxygens (including phenoxy) is 1. The zero-order chi connectivity index (χ0) is 18.0. The number of para-hydroxylation sites is 1. The quantitative estimate of drug-likeness (QED) is 0.662. The Labute approximate surface area is 146 Å². The van der Waals surface area contributed by atoms with Crippen molar-refractivity contribution < 1.29 is 17.9 Å². The van der Waals surface area contributed by atoms with Crippen LogP contribution in [0.4, 0.5) is 13.2 Å². The molecule has 0 radical (unpaired) electrons. The van der Waals surface area contributed by atoms with E-state index in [1.165, 1.54) is 23.9 Å². The van der Waals surface area contributed by atoms with Crippen LogP contribution in [0.15, 0.2) is 34.2 Å². The van der Waals surface area contributed by atoms with Gasteiger partial charge in [-0.05, 0) is 12.3 Å². The molecule has 0 fully saturated rings. The second-order valence-electron chi connectivity index (χ2n) is 5.62. The maximum Gasteiger partial charge on any atom is 0.573 e. The van der Waals surface area contributed by atoms with Crippen molar-refractivity contribution in [1.82, 2.24) is 14.9 Å². The fourth-order valence-corrected chi connectivity index (χ4v) is 3.19. The Balaban J connectivity index is 1.79. The Morgan fingerprint density at radius 1 is 1.36 bits per heavy atom. The molecule has 1 aromatic carbocycles. The van der Waals surface area contributed by atoms with E-state index in [0.717, 1.165) is 5.69 Å². The first-order valence-corrected chi connectivity index (χ1v) is 8.80. The Morgan fingerprint density at radius 3 is 2.84 bits per heavy atom. The molecule has 134 valence electrons. The molecule has 1 aliphatic heterocycles. The van der Waals surface area contributed by atoms with E-state index in [9.17, 15) is 18.0 Å². The van der Waals surface area contributed by atoms with E-state index in [4.69, 9.17) is 0 Å². The molecule has 0 spiro atoms. The number of rotatable bonds is 4. The zero-order valence-corrected chi connectivity index (χ0v) is 14.2.